The van der Waals surface area contributed by atoms with Crippen LogP contribution in [0, 0.1) is 0 Å². The standard InChI is InChI=1S/C16H22Cl2N2O/c1-3-8-16(9-5-10-19-16)15(21)20(2)11-12-6-4-7-13(17)14(12)18/h4,6-7,19H,3,5,8-11H2,1-2H3. The first kappa shape index (κ1) is 16.6. The molecule has 1 aliphatic heterocycles. The second-order valence-electron chi connectivity index (χ2n) is 5.74. The van der Waals surface area contributed by atoms with Gasteiger partial charge in [-0.15, -0.1) is 0 Å². The number of carbonyl (C=O) groups excluding carboxylic acids is 1. The molecule has 0 spiro atoms. The molecule has 1 aliphatic rings. The molecule has 1 aromatic rings. The minimum absolute atomic E-state index is 0.151. The lowest BCUT2D eigenvalue weighted by atomic mass is 9.90. The van der Waals surface area contributed by atoms with Crippen LogP contribution in [0.1, 0.15) is 38.2 Å². The van der Waals surface area contributed by atoms with E-state index < -0.39 is 5.54 Å². The first-order valence-corrected chi connectivity index (χ1v) is 8.19. The van der Waals surface area contributed by atoms with Crippen molar-refractivity contribution in [3.8, 4) is 0 Å². The van der Waals surface area contributed by atoms with Gasteiger partial charge in [0.05, 0.1) is 15.6 Å². The Labute approximate surface area is 136 Å². The number of nitrogens with one attached hydrogen (secondary N) is 1. The van der Waals surface area contributed by atoms with Crippen molar-refractivity contribution in [2.75, 3.05) is 13.6 Å². The van der Waals surface area contributed by atoms with Crippen LogP contribution in [-0.4, -0.2) is 29.9 Å². The van der Waals surface area contributed by atoms with Gasteiger partial charge in [-0.05, 0) is 37.4 Å². The lowest BCUT2D eigenvalue weighted by Gasteiger charge is -2.32. The molecule has 1 N–H and O–H groups in total. The van der Waals surface area contributed by atoms with Gasteiger partial charge in [0.15, 0.2) is 0 Å². The van der Waals surface area contributed by atoms with E-state index in [9.17, 15) is 4.79 Å². The van der Waals surface area contributed by atoms with E-state index in [1.54, 1.807) is 11.0 Å². The van der Waals surface area contributed by atoms with E-state index in [1.165, 1.54) is 0 Å². The van der Waals surface area contributed by atoms with Crippen LogP contribution in [0.2, 0.25) is 10.0 Å². The summed E-state index contributed by atoms with van der Waals surface area (Å²) in [5, 5.41) is 4.47. The van der Waals surface area contributed by atoms with E-state index in [-0.39, 0.29) is 5.91 Å². The van der Waals surface area contributed by atoms with Gasteiger partial charge in [-0.3, -0.25) is 4.79 Å². The summed E-state index contributed by atoms with van der Waals surface area (Å²) < 4.78 is 0. The number of hydrogen-bond acceptors (Lipinski definition) is 2. The van der Waals surface area contributed by atoms with Crippen LogP contribution in [0.3, 0.4) is 0 Å². The molecule has 1 heterocycles. The SMILES string of the molecule is CCCC1(C(=O)N(C)Cc2cccc(Cl)c2Cl)CCCN1. The van der Waals surface area contributed by atoms with Gasteiger partial charge >= 0.3 is 0 Å². The molecule has 5 heteroatoms. The summed E-state index contributed by atoms with van der Waals surface area (Å²) >= 11 is 12.2. The molecule has 1 atom stereocenters. The summed E-state index contributed by atoms with van der Waals surface area (Å²) in [7, 11) is 1.83. The van der Waals surface area contributed by atoms with Crippen LogP contribution in [-0.2, 0) is 11.3 Å². The maximum absolute atomic E-state index is 12.8. The van der Waals surface area contributed by atoms with Gasteiger partial charge in [0.25, 0.3) is 0 Å². The summed E-state index contributed by atoms with van der Waals surface area (Å²) in [6.45, 7) is 3.51. The van der Waals surface area contributed by atoms with Crippen molar-refractivity contribution in [3.05, 3.63) is 33.8 Å². The molecular formula is C16H22Cl2N2O. The van der Waals surface area contributed by atoms with Gasteiger partial charge in [0, 0.05) is 13.6 Å². The van der Waals surface area contributed by atoms with Gasteiger partial charge in [0.2, 0.25) is 5.91 Å². The summed E-state index contributed by atoms with van der Waals surface area (Å²) in [6.07, 6.45) is 3.83. The monoisotopic (exact) mass is 328 g/mol. The third-order valence-corrected chi connectivity index (χ3v) is 4.97. The molecule has 0 saturated carbocycles. The highest BCUT2D eigenvalue weighted by atomic mass is 35.5. The molecule has 0 aromatic heterocycles. The third kappa shape index (κ3) is 3.53. The third-order valence-electron chi connectivity index (χ3n) is 4.12. The lowest BCUT2D eigenvalue weighted by molar-refractivity contribution is -0.137. The van der Waals surface area contributed by atoms with Crippen molar-refractivity contribution in [1.29, 1.82) is 0 Å². The fraction of sp³-hybridized carbons (Fsp3) is 0.562. The zero-order chi connectivity index (χ0) is 15.5. The Morgan fingerprint density at radius 3 is 2.81 bits per heavy atom. The molecule has 2 rings (SSSR count). The molecule has 1 fully saturated rings. The Morgan fingerprint density at radius 1 is 1.43 bits per heavy atom. The largest absolute Gasteiger partial charge is 0.340 e. The zero-order valence-electron chi connectivity index (χ0n) is 12.6. The van der Waals surface area contributed by atoms with Gasteiger partial charge in [0.1, 0.15) is 0 Å². The maximum atomic E-state index is 12.8. The maximum Gasteiger partial charge on any atom is 0.242 e. The number of hydrogen-bond donors (Lipinski definition) is 1. The Morgan fingerprint density at radius 2 is 2.19 bits per heavy atom. The lowest BCUT2D eigenvalue weighted by Crippen LogP contribution is -2.53. The summed E-state index contributed by atoms with van der Waals surface area (Å²) in [5.41, 5.74) is 0.485. The first-order valence-electron chi connectivity index (χ1n) is 7.43. The normalized spacial score (nSPS) is 21.5. The van der Waals surface area contributed by atoms with Gasteiger partial charge in [-0.2, -0.15) is 0 Å². The van der Waals surface area contributed by atoms with Crippen molar-refractivity contribution >= 4 is 29.1 Å². The Hall–Kier alpha value is -0.770. The van der Waals surface area contributed by atoms with Gasteiger partial charge < -0.3 is 10.2 Å². The molecular weight excluding hydrogens is 307 g/mol. The fourth-order valence-electron chi connectivity index (χ4n) is 3.10. The smallest absolute Gasteiger partial charge is 0.242 e. The zero-order valence-corrected chi connectivity index (χ0v) is 14.1. The minimum atomic E-state index is -0.394. The van der Waals surface area contributed by atoms with E-state index in [1.807, 2.05) is 19.2 Å². The van der Waals surface area contributed by atoms with Crippen molar-refractivity contribution in [2.24, 2.45) is 0 Å². The van der Waals surface area contributed by atoms with E-state index >= 15 is 0 Å². The first-order chi connectivity index (χ1) is 10.00. The van der Waals surface area contributed by atoms with E-state index in [2.05, 4.69) is 12.2 Å². The number of halogens is 2. The van der Waals surface area contributed by atoms with Crippen LogP contribution in [0.15, 0.2) is 18.2 Å². The highest BCUT2D eigenvalue weighted by Gasteiger charge is 2.41. The van der Waals surface area contributed by atoms with Crippen LogP contribution >= 0.6 is 23.2 Å². The Bertz CT molecular complexity index is 513. The topological polar surface area (TPSA) is 32.3 Å². The molecule has 1 unspecified atom stereocenters. The second-order valence-corrected chi connectivity index (χ2v) is 6.52. The molecule has 0 radical (unpaired) electrons. The van der Waals surface area contributed by atoms with Gasteiger partial charge in [-0.1, -0.05) is 48.7 Å². The van der Waals surface area contributed by atoms with Crippen molar-refractivity contribution in [1.82, 2.24) is 10.2 Å². The number of rotatable bonds is 5. The Balaban J connectivity index is 2.13. The van der Waals surface area contributed by atoms with E-state index in [4.69, 9.17) is 23.2 Å². The van der Waals surface area contributed by atoms with Crippen molar-refractivity contribution < 1.29 is 4.79 Å². The quantitative estimate of drug-likeness (QED) is 0.889. The molecule has 1 aromatic carbocycles. The Kier molecular flexibility index (Phi) is 5.53. The molecule has 0 bridgehead atoms. The summed E-state index contributed by atoms with van der Waals surface area (Å²) in [4.78, 5) is 14.6. The summed E-state index contributed by atoms with van der Waals surface area (Å²) in [5.74, 6) is 0.151. The fourth-order valence-corrected chi connectivity index (χ4v) is 3.48. The average Bonchev–Trinajstić information content (AvgIpc) is 2.93. The molecule has 0 aliphatic carbocycles. The highest BCUT2D eigenvalue weighted by molar-refractivity contribution is 6.42. The van der Waals surface area contributed by atoms with Gasteiger partial charge in [-0.25, -0.2) is 0 Å². The van der Waals surface area contributed by atoms with Crippen LogP contribution in [0.5, 0.6) is 0 Å². The van der Waals surface area contributed by atoms with Crippen LogP contribution in [0.4, 0.5) is 0 Å². The second kappa shape index (κ2) is 6.99. The predicted molar refractivity (Wildman–Crippen MR) is 87.8 cm³/mol. The van der Waals surface area contributed by atoms with Crippen molar-refractivity contribution in [3.63, 3.8) is 0 Å². The van der Waals surface area contributed by atoms with Crippen LogP contribution in [0.25, 0.3) is 0 Å². The van der Waals surface area contributed by atoms with Crippen LogP contribution < -0.4 is 5.32 Å². The predicted octanol–water partition coefficient (Wildman–Crippen LogP) is 3.87. The molecule has 116 valence electrons. The van der Waals surface area contributed by atoms with Crippen molar-refractivity contribution in [2.45, 2.75) is 44.7 Å². The van der Waals surface area contributed by atoms with E-state index in [0.717, 1.165) is 37.8 Å². The average molecular weight is 329 g/mol. The minimum Gasteiger partial charge on any atom is -0.340 e. The molecule has 1 saturated heterocycles. The number of benzene rings is 1. The number of likely N-dealkylation sites (N-methyl/N-ethyl adjacent to an activating group) is 1. The molecule has 21 heavy (non-hydrogen) atoms. The number of carbonyl (C=O) groups is 1. The van der Waals surface area contributed by atoms with E-state index in [0.29, 0.717) is 16.6 Å². The number of nitrogens with zero attached hydrogens (tertiary/aromatic N) is 1. The summed E-state index contributed by atoms with van der Waals surface area (Å²) in [6, 6.07) is 5.52. The molecule has 3 nitrogen and oxygen atoms in total. The highest BCUT2D eigenvalue weighted by Crippen LogP contribution is 2.29. The molecule has 1 amide bonds. The number of amides is 1.